The summed E-state index contributed by atoms with van der Waals surface area (Å²) in [5.41, 5.74) is 3.33. The fourth-order valence-electron chi connectivity index (χ4n) is 3.35. The number of anilines is 1. The van der Waals surface area contributed by atoms with E-state index < -0.39 is 0 Å². The van der Waals surface area contributed by atoms with Crippen molar-refractivity contribution < 1.29 is 9.13 Å². The zero-order valence-corrected chi connectivity index (χ0v) is 17.3. The van der Waals surface area contributed by atoms with Gasteiger partial charge in [0.25, 0.3) is 0 Å². The number of hydrogen-bond donors (Lipinski definition) is 2. The minimum absolute atomic E-state index is 0.104. The van der Waals surface area contributed by atoms with Gasteiger partial charge in [-0.15, -0.1) is 0 Å². The Morgan fingerprint density at radius 2 is 1.64 bits per heavy atom. The van der Waals surface area contributed by atoms with Crippen LogP contribution in [0.5, 0.6) is 0 Å². The molecule has 6 heteroatoms. The smallest absolute Gasteiger partial charge is 0.170 e. The van der Waals surface area contributed by atoms with E-state index in [9.17, 15) is 4.39 Å². The summed E-state index contributed by atoms with van der Waals surface area (Å²) < 4.78 is 18.8. The van der Waals surface area contributed by atoms with Crippen LogP contribution in [-0.4, -0.2) is 42.9 Å². The van der Waals surface area contributed by atoms with Crippen LogP contribution in [0.25, 0.3) is 0 Å². The van der Waals surface area contributed by atoms with Crippen LogP contribution in [0.3, 0.4) is 0 Å². The lowest BCUT2D eigenvalue weighted by atomic mass is 10.0. The van der Waals surface area contributed by atoms with Crippen LogP contribution in [0.4, 0.5) is 10.1 Å². The Balaban J connectivity index is 1.62. The van der Waals surface area contributed by atoms with Crippen molar-refractivity contribution in [1.29, 1.82) is 0 Å². The van der Waals surface area contributed by atoms with E-state index in [0.29, 0.717) is 30.8 Å². The van der Waals surface area contributed by atoms with Crippen molar-refractivity contribution >= 4 is 23.0 Å². The first-order chi connectivity index (χ1) is 13.5. The Bertz CT molecular complexity index is 758. The van der Waals surface area contributed by atoms with Crippen LogP contribution in [0, 0.1) is 5.82 Å². The van der Waals surface area contributed by atoms with Gasteiger partial charge in [-0.3, -0.25) is 4.90 Å². The molecule has 1 aliphatic rings. The summed E-state index contributed by atoms with van der Waals surface area (Å²) in [6, 6.07) is 15.1. The molecule has 3 rings (SSSR count). The van der Waals surface area contributed by atoms with E-state index >= 15 is 0 Å². The quantitative estimate of drug-likeness (QED) is 0.706. The van der Waals surface area contributed by atoms with Crippen LogP contribution >= 0.6 is 12.2 Å². The summed E-state index contributed by atoms with van der Waals surface area (Å²) in [7, 11) is 0. The molecule has 0 aliphatic carbocycles. The molecule has 0 saturated carbocycles. The molecular formula is C22H28FN3OS. The summed E-state index contributed by atoms with van der Waals surface area (Å²) in [4.78, 5) is 2.35. The number of hydrogen-bond acceptors (Lipinski definition) is 3. The third-order valence-electron chi connectivity index (χ3n) is 5.03. The van der Waals surface area contributed by atoms with Gasteiger partial charge in [-0.05, 0) is 53.5 Å². The maximum Gasteiger partial charge on any atom is 0.170 e. The van der Waals surface area contributed by atoms with Crippen molar-refractivity contribution in [3.05, 3.63) is 65.5 Å². The SMILES string of the molecule is CC(C)c1ccc(NC(=S)NC[C@@H](c2ccc(F)cc2)N2CCOCC2)cc1. The molecule has 28 heavy (non-hydrogen) atoms. The highest BCUT2D eigenvalue weighted by Crippen LogP contribution is 2.22. The van der Waals surface area contributed by atoms with Gasteiger partial charge in [0.1, 0.15) is 5.82 Å². The number of morpholine rings is 1. The molecule has 1 heterocycles. The van der Waals surface area contributed by atoms with E-state index in [4.69, 9.17) is 17.0 Å². The third-order valence-corrected chi connectivity index (χ3v) is 5.28. The highest BCUT2D eigenvalue weighted by molar-refractivity contribution is 7.80. The van der Waals surface area contributed by atoms with Gasteiger partial charge in [0, 0.05) is 25.3 Å². The average Bonchev–Trinajstić information content (AvgIpc) is 2.70. The zero-order valence-electron chi connectivity index (χ0n) is 16.5. The first kappa shape index (κ1) is 20.7. The van der Waals surface area contributed by atoms with E-state index in [1.54, 1.807) is 0 Å². The van der Waals surface area contributed by atoms with Crippen molar-refractivity contribution in [2.75, 3.05) is 38.2 Å². The lowest BCUT2D eigenvalue weighted by Crippen LogP contribution is -2.44. The topological polar surface area (TPSA) is 36.5 Å². The Kier molecular flexibility index (Phi) is 7.36. The molecule has 0 bridgehead atoms. The van der Waals surface area contributed by atoms with Gasteiger partial charge in [0.05, 0.1) is 19.3 Å². The fourth-order valence-corrected chi connectivity index (χ4v) is 3.55. The predicted octanol–water partition coefficient (Wildman–Crippen LogP) is 4.31. The van der Waals surface area contributed by atoms with Crippen molar-refractivity contribution in [3.8, 4) is 0 Å². The van der Waals surface area contributed by atoms with E-state index in [1.165, 1.54) is 17.7 Å². The molecule has 1 fully saturated rings. The number of ether oxygens (including phenoxy) is 1. The molecule has 4 nitrogen and oxygen atoms in total. The van der Waals surface area contributed by atoms with Gasteiger partial charge >= 0.3 is 0 Å². The minimum atomic E-state index is -0.223. The van der Waals surface area contributed by atoms with Crippen LogP contribution in [-0.2, 0) is 4.74 Å². The van der Waals surface area contributed by atoms with Crippen LogP contribution in [0.1, 0.15) is 36.9 Å². The second kappa shape index (κ2) is 9.96. The van der Waals surface area contributed by atoms with Crippen LogP contribution in [0.15, 0.2) is 48.5 Å². The molecule has 2 N–H and O–H groups in total. The van der Waals surface area contributed by atoms with Gasteiger partial charge in [-0.25, -0.2) is 4.39 Å². The van der Waals surface area contributed by atoms with E-state index in [-0.39, 0.29) is 11.9 Å². The molecule has 0 aromatic heterocycles. The number of thiocarbonyl (C=S) groups is 1. The van der Waals surface area contributed by atoms with Crippen molar-refractivity contribution in [2.24, 2.45) is 0 Å². The normalized spacial score (nSPS) is 16.0. The maximum atomic E-state index is 13.3. The monoisotopic (exact) mass is 401 g/mol. The number of nitrogens with one attached hydrogen (secondary N) is 2. The van der Waals surface area contributed by atoms with Gasteiger partial charge in [0.2, 0.25) is 0 Å². The average molecular weight is 402 g/mol. The molecule has 2 aromatic carbocycles. The van der Waals surface area contributed by atoms with Gasteiger partial charge in [0.15, 0.2) is 5.11 Å². The molecular weight excluding hydrogens is 373 g/mol. The molecule has 0 spiro atoms. The maximum absolute atomic E-state index is 13.3. The molecule has 2 aromatic rings. The Morgan fingerprint density at radius 3 is 2.25 bits per heavy atom. The van der Waals surface area contributed by atoms with Gasteiger partial charge in [-0.1, -0.05) is 38.1 Å². The second-order valence-corrected chi connectivity index (χ2v) is 7.74. The summed E-state index contributed by atoms with van der Waals surface area (Å²) in [6.45, 7) is 8.11. The molecule has 150 valence electrons. The lowest BCUT2D eigenvalue weighted by molar-refractivity contribution is 0.0170. The number of rotatable bonds is 6. The molecule has 0 amide bonds. The molecule has 0 radical (unpaired) electrons. The Labute approximate surface area is 172 Å². The number of nitrogens with zero attached hydrogens (tertiary/aromatic N) is 1. The second-order valence-electron chi connectivity index (χ2n) is 7.33. The van der Waals surface area contributed by atoms with Gasteiger partial charge < -0.3 is 15.4 Å². The highest BCUT2D eigenvalue weighted by atomic mass is 32.1. The van der Waals surface area contributed by atoms with Gasteiger partial charge in [-0.2, -0.15) is 0 Å². The highest BCUT2D eigenvalue weighted by Gasteiger charge is 2.22. The van der Waals surface area contributed by atoms with E-state index in [0.717, 1.165) is 24.3 Å². The first-order valence-corrected chi connectivity index (χ1v) is 10.2. The Hall–Kier alpha value is -2.02. The molecule has 0 unspecified atom stereocenters. The number of benzene rings is 2. The summed E-state index contributed by atoms with van der Waals surface area (Å²) in [5.74, 6) is 0.281. The van der Waals surface area contributed by atoms with Crippen LogP contribution in [0.2, 0.25) is 0 Å². The minimum Gasteiger partial charge on any atom is -0.379 e. The zero-order chi connectivity index (χ0) is 19.9. The van der Waals surface area contributed by atoms with Crippen LogP contribution < -0.4 is 10.6 Å². The molecule has 1 aliphatic heterocycles. The molecule has 1 atom stereocenters. The first-order valence-electron chi connectivity index (χ1n) is 9.75. The standard InChI is InChI=1S/C22H28FN3OS/c1-16(2)17-5-9-20(10-6-17)25-22(28)24-15-21(26-11-13-27-14-12-26)18-3-7-19(23)8-4-18/h3-10,16,21H,11-15H2,1-2H3,(H2,24,25,28)/t21-/m0/s1. The summed E-state index contributed by atoms with van der Waals surface area (Å²) in [5, 5.41) is 7.15. The van der Waals surface area contributed by atoms with Crippen molar-refractivity contribution in [3.63, 3.8) is 0 Å². The van der Waals surface area contributed by atoms with Crippen molar-refractivity contribution in [2.45, 2.75) is 25.8 Å². The third kappa shape index (κ3) is 5.74. The van der Waals surface area contributed by atoms with E-state index in [2.05, 4.69) is 41.5 Å². The Morgan fingerprint density at radius 1 is 1.04 bits per heavy atom. The van der Waals surface area contributed by atoms with Crippen molar-refractivity contribution in [1.82, 2.24) is 10.2 Å². The summed E-state index contributed by atoms with van der Waals surface area (Å²) in [6.07, 6.45) is 0. The lowest BCUT2D eigenvalue weighted by Gasteiger charge is -2.35. The fraction of sp³-hybridized carbons (Fsp3) is 0.409. The predicted molar refractivity (Wildman–Crippen MR) is 116 cm³/mol. The molecule has 1 saturated heterocycles. The number of halogens is 1. The summed E-state index contributed by atoms with van der Waals surface area (Å²) >= 11 is 5.49. The van der Waals surface area contributed by atoms with E-state index in [1.807, 2.05) is 24.3 Å². The largest absolute Gasteiger partial charge is 0.379 e.